The fraction of sp³-hybridized carbons (Fsp3) is 0.588. The lowest BCUT2D eigenvalue weighted by molar-refractivity contribution is -0.138. The van der Waals surface area contributed by atoms with Crippen LogP contribution in [0.4, 0.5) is 0 Å². The van der Waals surface area contributed by atoms with Crippen molar-refractivity contribution >= 4 is 5.91 Å². The summed E-state index contributed by atoms with van der Waals surface area (Å²) >= 11 is 0. The summed E-state index contributed by atoms with van der Waals surface area (Å²) in [5.41, 5.74) is 0.763. The van der Waals surface area contributed by atoms with Gasteiger partial charge < -0.3 is 10.4 Å². The van der Waals surface area contributed by atoms with Gasteiger partial charge in [-0.3, -0.25) is 9.69 Å². The van der Waals surface area contributed by atoms with E-state index in [1.165, 1.54) is 0 Å². The van der Waals surface area contributed by atoms with E-state index >= 15 is 0 Å². The predicted octanol–water partition coefficient (Wildman–Crippen LogP) is 2.10. The lowest BCUT2D eigenvalue weighted by atomic mass is 9.74. The quantitative estimate of drug-likeness (QED) is 0.808. The summed E-state index contributed by atoms with van der Waals surface area (Å²) in [6.45, 7) is 0.151. The Labute approximate surface area is 127 Å². The molecule has 1 aromatic carbocycles. The first-order chi connectivity index (χ1) is 10.1. The Morgan fingerprint density at radius 1 is 1.33 bits per heavy atom. The number of hydrogen-bond donors (Lipinski definition) is 2. The molecule has 1 atom stereocenters. The second kappa shape index (κ2) is 7.05. The first-order valence-corrected chi connectivity index (χ1v) is 7.74. The maximum absolute atomic E-state index is 12.7. The molecule has 0 bridgehead atoms. The number of aliphatic hydroxyl groups is 1. The molecule has 0 aliphatic heterocycles. The van der Waals surface area contributed by atoms with Gasteiger partial charge in [-0.25, -0.2) is 0 Å². The van der Waals surface area contributed by atoms with Crippen molar-refractivity contribution in [2.75, 3.05) is 20.7 Å². The number of benzene rings is 1. The van der Waals surface area contributed by atoms with Crippen LogP contribution in [0.3, 0.4) is 0 Å². The van der Waals surface area contributed by atoms with E-state index in [4.69, 9.17) is 5.11 Å². The lowest BCUT2D eigenvalue weighted by Crippen LogP contribution is -2.60. The number of carbonyl (C=O) groups excluding carboxylic acids is 1. The molecular formula is C17H26N2O2. The maximum atomic E-state index is 12.7. The van der Waals surface area contributed by atoms with Crippen molar-refractivity contribution in [3.05, 3.63) is 35.9 Å². The van der Waals surface area contributed by atoms with Crippen molar-refractivity contribution in [2.45, 2.75) is 43.7 Å². The Bertz CT molecular complexity index is 455. The normalized spacial score (nSPS) is 18.1. The molecule has 0 saturated heterocycles. The Kier molecular flexibility index (Phi) is 5.37. The third-order valence-electron chi connectivity index (χ3n) is 4.62. The van der Waals surface area contributed by atoms with Crippen molar-refractivity contribution in [3.8, 4) is 0 Å². The fourth-order valence-electron chi connectivity index (χ4n) is 2.98. The minimum Gasteiger partial charge on any atom is -0.396 e. The van der Waals surface area contributed by atoms with Gasteiger partial charge in [0.05, 0.1) is 11.6 Å². The highest BCUT2D eigenvalue weighted by Crippen LogP contribution is 2.37. The van der Waals surface area contributed by atoms with E-state index in [0.29, 0.717) is 6.42 Å². The molecule has 1 fully saturated rings. The van der Waals surface area contributed by atoms with Crippen LogP contribution in [0.2, 0.25) is 0 Å². The van der Waals surface area contributed by atoms with Crippen LogP contribution in [0.5, 0.6) is 0 Å². The van der Waals surface area contributed by atoms with Gasteiger partial charge in [-0.1, -0.05) is 30.3 Å². The van der Waals surface area contributed by atoms with Crippen LogP contribution in [0.1, 0.15) is 43.7 Å². The molecular weight excluding hydrogens is 264 g/mol. The van der Waals surface area contributed by atoms with Gasteiger partial charge in [0.25, 0.3) is 0 Å². The van der Waals surface area contributed by atoms with Crippen LogP contribution < -0.4 is 5.32 Å². The summed E-state index contributed by atoms with van der Waals surface area (Å²) in [6.07, 6.45) is 4.41. The zero-order chi connectivity index (χ0) is 15.3. The third-order valence-corrected chi connectivity index (χ3v) is 4.62. The largest absolute Gasteiger partial charge is 0.396 e. The highest BCUT2D eigenvalue weighted by molar-refractivity contribution is 5.87. The zero-order valence-corrected chi connectivity index (χ0v) is 13.0. The summed E-state index contributed by atoms with van der Waals surface area (Å²) < 4.78 is 0. The highest BCUT2D eigenvalue weighted by Gasteiger charge is 2.46. The van der Waals surface area contributed by atoms with E-state index in [1.54, 1.807) is 0 Å². The summed E-state index contributed by atoms with van der Waals surface area (Å²) in [5.74, 6) is 0.116. The van der Waals surface area contributed by atoms with E-state index in [0.717, 1.165) is 31.2 Å². The van der Waals surface area contributed by atoms with Crippen LogP contribution in [-0.2, 0) is 4.79 Å². The van der Waals surface area contributed by atoms with Gasteiger partial charge >= 0.3 is 0 Å². The molecule has 2 N–H and O–H groups in total. The average molecular weight is 290 g/mol. The molecule has 21 heavy (non-hydrogen) atoms. The van der Waals surface area contributed by atoms with Crippen molar-refractivity contribution in [1.29, 1.82) is 0 Å². The van der Waals surface area contributed by atoms with Crippen molar-refractivity contribution < 1.29 is 9.90 Å². The van der Waals surface area contributed by atoms with Crippen molar-refractivity contribution in [3.63, 3.8) is 0 Å². The van der Waals surface area contributed by atoms with E-state index in [-0.39, 0.29) is 24.1 Å². The molecule has 1 aliphatic rings. The topological polar surface area (TPSA) is 52.6 Å². The Balaban J connectivity index is 2.10. The first kappa shape index (κ1) is 16.0. The summed E-state index contributed by atoms with van der Waals surface area (Å²) in [4.78, 5) is 14.8. The molecule has 1 saturated carbocycles. The highest BCUT2D eigenvalue weighted by atomic mass is 16.3. The van der Waals surface area contributed by atoms with Gasteiger partial charge in [0.1, 0.15) is 0 Å². The van der Waals surface area contributed by atoms with Gasteiger partial charge in [-0.2, -0.15) is 0 Å². The molecule has 4 heteroatoms. The first-order valence-electron chi connectivity index (χ1n) is 7.74. The fourth-order valence-corrected chi connectivity index (χ4v) is 2.98. The van der Waals surface area contributed by atoms with Crippen LogP contribution in [0.25, 0.3) is 0 Å². The van der Waals surface area contributed by atoms with Gasteiger partial charge in [-0.05, 0) is 51.8 Å². The van der Waals surface area contributed by atoms with Crippen LogP contribution in [0.15, 0.2) is 30.3 Å². The summed E-state index contributed by atoms with van der Waals surface area (Å²) in [7, 11) is 3.95. The van der Waals surface area contributed by atoms with Gasteiger partial charge in [0.15, 0.2) is 0 Å². The van der Waals surface area contributed by atoms with Crippen LogP contribution >= 0.6 is 0 Å². The second-order valence-corrected chi connectivity index (χ2v) is 6.08. The molecule has 1 amide bonds. The standard InChI is InChI=1S/C17H26N2O2/c1-19(2)17(11-7-12-17)16(21)18-15(10-6-13-20)14-8-4-3-5-9-14/h3-5,8-9,15,20H,6-7,10-13H2,1-2H3,(H,18,21). The van der Waals surface area contributed by atoms with Crippen molar-refractivity contribution in [1.82, 2.24) is 10.2 Å². The number of carbonyl (C=O) groups is 1. The minimum absolute atomic E-state index is 0.0247. The molecule has 2 rings (SSSR count). The number of hydrogen-bond acceptors (Lipinski definition) is 3. The summed E-state index contributed by atoms with van der Waals surface area (Å²) in [5, 5.41) is 12.3. The Hall–Kier alpha value is -1.39. The second-order valence-electron chi connectivity index (χ2n) is 6.08. The smallest absolute Gasteiger partial charge is 0.240 e. The molecule has 0 radical (unpaired) electrons. The number of nitrogens with one attached hydrogen (secondary N) is 1. The average Bonchev–Trinajstić information content (AvgIpc) is 2.42. The van der Waals surface area contributed by atoms with Gasteiger partial charge in [0.2, 0.25) is 5.91 Å². The van der Waals surface area contributed by atoms with E-state index in [2.05, 4.69) is 5.32 Å². The zero-order valence-electron chi connectivity index (χ0n) is 13.0. The Morgan fingerprint density at radius 3 is 2.48 bits per heavy atom. The number of likely N-dealkylation sites (N-methyl/N-ethyl adjacent to an activating group) is 1. The monoisotopic (exact) mass is 290 g/mol. The number of nitrogens with zero attached hydrogens (tertiary/aromatic N) is 1. The Morgan fingerprint density at radius 2 is 2.00 bits per heavy atom. The molecule has 116 valence electrons. The minimum atomic E-state index is -0.341. The van der Waals surface area contributed by atoms with Crippen LogP contribution in [-0.4, -0.2) is 42.2 Å². The molecule has 1 aromatic rings. The third kappa shape index (κ3) is 3.44. The van der Waals surface area contributed by atoms with Crippen LogP contribution in [0, 0.1) is 0 Å². The summed E-state index contributed by atoms with van der Waals surface area (Å²) in [6, 6.07) is 9.98. The molecule has 0 aromatic heterocycles. The van der Waals surface area contributed by atoms with E-state index in [9.17, 15) is 4.79 Å². The molecule has 0 spiro atoms. The number of amides is 1. The van der Waals surface area contributed by atoms with E-state index in [1.807, 2.05) is 49.3 Å². The SMILES string of the molecule is CN(C)C1(C(=O)NC(CCCO)c2ccccc2)CCC1. The number of rotatable bonds is 7. The molecule has 0 heterocycles. The lowest BCUT2D eigenvalue weighted by Gasteiger charge is -2.46. The molecule has 1 aliphatic carbocycles. The number of aliphatic hydroxyl groups excluding tert-OH is 1. The molecule has 1 unspecified atom stereocenters. The van der Waals surface area contributed by atoms with E-state index < -0.39 is 0 Å². The molecule has 4 nitrogen and oxygen atoms in total. The van der Waals surface area contributed by atoms with Gasteiger partial charge in [-0.15, -0.1) is 0 Å². The maximum Gasteiger partial charge on any atom is 0.240 e. The van der Waals surface area contributed by atoms with Gasteiger partial charge in [0, 0.05) is 6.61 Å². The predicted molar refractivity (Wildman–Crippen MR) is 83.9 cm³/mol. The van der Waals surface area contributed by atoms with Crippen molar-refractivity contribution in [2.24, 2.45) is 0 Å².